The van der Waals surface area contributed by atoms with Crippen molar-refractivity contribution in [3.05, 3.63) is 5.69 Å². The molecule has 7 nitrogen and oxygen atoms in total. The van der Waals surface area contributed by atoms with Crippen molar-refractivity contribution < 1.29 is 23.5 Å². The van der Waals surface area contributed by atoms with Gasteiger partial charge in [0.1, 0.15) is 0 Å². The second-order valence-corrected chi connectivity index (χ2v) is 8.29. The maximum Gasteiger partial charge on any atom is 0.502 e. The van der Waals surface area contributed by atoms with Crippen LogP contribution in [0.25, 0.3) is 0 Å². The molecule has 4 rings (SSSR count). The molecule has 3 aliphatic heterocycles. The summed E-state index contributed by atoms with van der Waals surface area (Å²) < 4.78 is 32.0. The van der Waals surface area contributed by atoms with E-state index in [-0.39, 0.29) is 6.29 Å². The first-order chi connectivity index (χ1) is 12.4. The van der Waals surface area contributed by atoms with Gasteiger partial charge in [0.05, 0.1) is 35.6 Å². The van der Waals surface area contributed by atoms with Crippen LogP contribution in [0, 0.1) is 0 Å². The zero-order chi connectivity index (χ0) is 18.4. The monoisotopic (exact) mass is 364 g/mol. The molecule has 144 valence electrons. The largest absolute Gasteiger partial charge is 0.502 e. The van der Waals surface area contributed by atoms with Crippen molar-refractivity contribution in [3.63, 3.8) is 0 Å². The molecule has 2 saturated heterocycles. The quantitative estimate of drug-likeness (QED) is 0.762. The molecule has 8 heteroatoms. The average molecular weight is 364 g/mol. The van der Waals surface area contributed by atoms with E-state index in [4.69, 9.17) is 28.6 Å². The number of aromatic nitrogens is 2. The summed E-state index contributed by atoms with van der Waals surface area (Å²) in [6.45, 7) is 10.9. The van der Waals surface area contributed by atoms with Crippen LogP contribution in [0.1, 0.15) is 59.1 Å². The lowest BCUT2D eigenvalue weighted by Crippen LogP contribution is -2.41. The number of hydrogen-bond donors (Lipinski definition) is 0. The SMILES string of the molecule is CC1(C)OB(c2c(COC3CCCCO3)nn3c2OCCC3)OC1(C)C. The highest BCUT2D eigenvalue weighted by molar-refractivity contribution is 6.63. The van der Waals surface area contributed by atoms with Gasteiger partial charge < -0.3 is 23.5 Å². The number of fused-ring (bicyclic) bond motifs is 1. The lowest BCUT2D eigenvalue weighted by Gasteiger charge is -2.32. The normalized spacial score (nSPS) is 27.2. The summed E-state index contributed by atoms with van der Waals surface area (Å²) in [7, 11) is -0.507. The highest BCUT2D eigenvalue weighted by atomic mass is 16.7. The van der Waals surface area contributed by atoms with Crippen molar-refractivity contribution in [1.82, 2.24) is 9.78 Å². The Bertz CT molecular complexity index is 638. The maximum atomic E-state index is 6.26. The van der Waals surface area contributed by atoms with Crippen LogP contribution in [0.4, 0.5) is 0 Å². The fourth-order valence-corrected chi connectivity index (χ4v) is 3.51. The molecule has 0 aliphatic carbocycles. The van der Waals surface area contributed by atoms with Crippen molar-refractivity contribution in [2.45, 2.75) is 84.0 Å². The van der Waals surface area contributed by atoms with Crippen LogP contribution in [0.5, 0.6) is 5.88 Å². The number of rotatable bonds is 4. The van der Waals surface area contributed by atoms with Crippen molar-refractivity contribution in [2.24, 2.45) is 0 Å². The highest BCUT2D eigenvalue weighted by Crippen LogP contribution is 2.38. The van der Waals surface area contributed by atoms with E-state index in [0.29, 0.717) is 13.2 Å². The van der Waals surface area contributed by atoms with Crippen molar-refractivity contribution in [3.8, 4) is 5.88 Å². The number of hydrogen-bond acceptors (Lipinski definition) is 6. The molecule has 0 saturated carbocycles. The lowest BCUT2D eigenvalue weighted by molar-refractivity contribution is -0.169. The molecule has 0 aromatic carbocycles. The first kappa shape index (κ1) is 18.3. The van der Waals surface area contributed by atoms with Crippen LogP contribution in [0.2, 0.25) is 0 Å². The summed E-state index contributed by atoms with van der Waals surface area (Å²) in [4.78, 5) is 0. The third kappa shape index (κ3) is 3.28. The van der Waals surface area contributed by atoms with Crippen LogP contribution in [0.3, 0.4) is 0 Å². The predicted octanol–water partition coefficient (Wildman–Crippen LogP) is 2.01. The van der Waals surface area contributed by atoms with Gasteiger partial charge in [-0.3, -0.25) is 0 Å². The third-order valence-corrected chi connectivity index (χ3v) is 5.80. The Morgan fingerprint density at radius 3 is 2.58 bits per heavy atom. The summed E-state index contributed by atoms with van der Waals surface area (Å²) in [5.41, 5.74) is 0.853. The van der Waals surface area contributed by atoms with Crippen molar-refractivity contribution >= 4 is 12.6 Å². The van der Waals surface area contributed by atoms with Gasteiger partial charge in [-0.2, -0.15) is 5.10 Å². The van der Waals surface area contributed by atoms with Crippen LogP contribution in [-0.4, -0.2) is 47.6 Å². The van der Waals surface area contributed by atoms with E-state index in [1.165, 1.54) is 0 Å². The zero-order valence-corrected chi connectivity index (χ0v) is 16.2. The number of nitrogens with zero attached hydrogens (tertiary/aromatic N) is 2. The van der Waals surface area contributed by atoms with Crippen molar-refractivity contribution in [2.75, 3.05) is 13.2 Å². The van der Waals surface area contributed by atoms with Gasteiger partial charge in [0.15, 0.2) is 6.29 Å². The molecule has 4 heterocycles. The minimum atomic E-state index is -0.507. The molecule has 0 N–H and O–H groups in total. The molecule has 0 bridgehead atoms. The van der Waals surface area contributed by atoms with E-state index in [9.17, 15) is 0 Å². The van der Waals surface area contributed by atoms with Gasteiger partial charge in [0, 0.05) is 19.6 Å². The number of aryl methyl sites for hydroxylation is 1. The molecule has 26 heavy (non-hydrogen) atoms. The third-order valence-electron chi connectivity index (χ3n) is 5.80. The Morgan fingerprint density at radius 1 is 1.12 bits per heavy atom. The van der Waals surface area contributed by atoms with Gasteiger partial charge in [-0.1, -0.05) is 0 Å². The molecule has 1 aromatic heterocycles. The fourth-order valence-electron chi connectivity index (χ4n) is 3.51. The molecule has 1 atom stereocenters. The van der Waals surface area contributed by atoms with E-state index in [1.54, 1.807) is 0 Å². The molecule has 2 fully saturated rings. The molecule has 3 aliphatic rings. The Kier molecular flexibility index (Phi) is 4.80. The van der Waals surface area contributed by atoms with E-state index in [2.05, 4.69) is 27.7 Å². The van der Waals surface area contributed by atoms with Crippen LogP contribution < -0.4 is 10.2 Å². The predicted molar refractivity (Wildman–Crippen MR) is 96.4 cm³/mol. The molecular weight excluding hydrogens is 335 g/mol. The van der Waals surface area contributed by atoms with Gasteiger partial charge in [0.2, 0.25) is 5.88 Å². The summed E-state index contributed by atoms with van der Waals surface area (Å²) in [5.74, 6) is 0.748. The van der Waals surface area contributed by atoms with Gasteiger partial charge in [-0.25, -0.2) is 4.68 Å². The highest BCUT2D eigenvalue weighted by Gasteiger charge is 2.54. The van der Waals surface area contributed by atoms with E-state index in [0.717, 1.165) is 55.9 Å². The summed E-state index contributed by atoms with van der Waals surface area (Å²) in [5, 5.41) is 4.73. The lowest BCUT2D eigenvalue weighted by atomic mass is 9.78. The van der Waals surface area contributed by atoms with Gasteiger partial charge in [0.25, 0.3) is 0 Å². The molecule has 0 radical (unpaired) electrons. The maximum absolute atomic E-state index is 6.26. The smallest absolute Gasteiger partial charge is 0.478 e. The Balaban J connectivity index is 1.59. The first-order valence-corrected chi connectivity index (χ1v) is 9.69. The van der Waals surface area contributed by atoms with Crippen molar-refractivity contribution in [1.29, 1.82) is 0 Å². The van der Waals surface area contributed by atoms with Crippen LogP contribution in [-0.2, 0) is 31.9 Å². The topological polar surface area (TPSA) is 64.0 Å². The molecule has 1 unspecified atom stereocenters. The summed E-state index contributed by atoms with van der Waals surface area (Å²) in [6.07, 6.45) is 3.96. The van der Waals surface area contributed by atoms with E-state index < -0.39 is 18.3 Å². The van der Waals surface area contributed by atoms with Crippen LogP contribution >= 0.6 is 0 Å². The average Bonchev–Trinajstić information content (AvgIpc) is 3.07. The Hall–Kier alpha value is -1.09. The van der Waals surface area contributed by atoms with Gasteiger partial charge in [-0.05, 0) is 47.0 Å². The Morgan fingerprint density at radius 2 is 1.88 bits per heavy atom. The molecule has 0 spiro atoms. The van der Waals surface area contributed by atoms with E-state index >= 15 is 0 Å². The number of ether oxygens (including phenoxy) is 3. The molecule has 1 aromatic rings. The zero-order valence-electron chi connectivity index (χ0n) is 16.2. The second-order valence-electron chi connectivity index (χ2n) is 8.29. The minimum absolute atomic E-state index is 0.158. The van der Waals surface area contributed by atoms with Crippen LogP contribution in [0.15, 0.2) is 0 Å². The fraction of sp³-hybridized carbons (Fsp3) is 0.833. The second kappa shape index (κ2) is 6.82. The molecular formula is C18H29BN2O5. The molecule has 0 amide bonds. The van der Waals surface area contributed by atoms with Gasteiger partial charge >= 0.3 is 7.12 Å². The standard InChI is InChI=1S/C18H29BN2O5/c1-17(2)18(3,4)26-19(25-17)15-13(12-24-14-8-5-6-10-22-14)20-21-9-7-11-23-16(15)21/h14H,5-12H2,1-4H3. The van der Waals surface area contributed by atoms with Gasteiger partial charge in [-0.15, -0.1) is 0 Å². The van der Waals surface area contributed by atoms with E-state index in [1.807, 2.05) is 4.68 Å². The first-order valence-electron chi connectivity index (χ1n) is 9.69. The Labute approximate surface area is 155 Å². The minimum Gasteiger partial charge on any atom is -0.478 e. The summed E-state index contributed by atoms with van der Waals surface area (Å²) >= 11 is 0. The summed E-state index contributed by atoms with van der Waals surface area (Å²) in [6, 6.07) is 0.